The minimum absolute atomic E-state index is 0.127. The van der Waals surface area contributed by atoms with Crippen molar-refractivity contribution in [1.82, 2.24) is 4.90 Å². The maximum atomic E-state index is 11.1. The molecule has 0 fully saturated rings. The molecule has 16 heavy (non-hydrogen) atoms. The fourth-order valence-corrected chi connectivity index (χ4v) is 1.29. The molecule has 0 aliphatic heterocycles. The van der Waals surface area contributed by atoms with Crippen molar-refractivity contribution >= 4 is 11.9 Å². The van der Waals surface area contributed by atoms with Crippen molar-refractivity contribution in [1.29, 1.82) is 0 Å². The zero-order chi connectivity index (χ0) is 12.7. The summed E-state index contributed by atoms with van der Waals surface area (Å²) in [5.41, 5.74) is 0. The summed E-state index contributed by atoms with van der Waals surface area (Å²) in [6.07, 6.45) is 1.68. The van der Waals surface area contributed by atoms with Gasteiger partial charge in [-0.1, -0.05) is 13.8 Å². The first kappa shape index (κ1) is 14.6. The molecule has 5 heteroatoms. The smallest absolute Gasteiger partial charge is 0.331 e. The fourth-order valence-electron chi connectivity index (χ4n) is 1.29. The highest BCUT2D eigenvalue weighted by molar-refractivity contribution is 5.90. The molecule has 1 atom stereocenters. The third-order valence-corrected chi connectivity index (χ3v) is 2.19. The van der Waals surface area contributed by atoms with Crippen LogP contribution in [-0.4, -0.2) is 48.7 Å². The maximum Gasteiger partial charge on any atom is 0.331 e. The van der Waals surface area contributed by atoms with E-state index in [1.807, 2.05) is 32.8 Å². The number of likely N-dealkylation sites (N-methyl/N-ethyl adjacent to an activating group) is 1. The average molecular weight is 229 g/mol. The molecule has 1 unspecified atom stereocenters. The molecule has 92 valence electrons. The van der Waals surface area contributed by atoms with Gasteiger partial charge in [-0.05, 0) is 20.0 Å². The lowest BCUT2D eigenvalue weighted by atomic mass is 10.0. The summed E-state index contributed by atoms with van der Waals surface area (Å²) in [6, 6.07) is 0.127. The van der Waals surface area contributed by atoms with E-state index in [-0.39, 0.29) is 12.6 Å². The van der Waals surface area contributed by atoms with Gasteiger partial charge in [0.2, 0.25) is 0 Å². The predicted octanol–water partition coefficient (Wildman–Crippen LogP) is 0.757. The Labute approximate surface area is 95.7 Å². The number of esters is 1. The van der Waals surface area contributed by atoms with Crippen molar-refractivity contribution in [2.75, 3.05) is 20.7 Å². The zero-order valence-corrected chi connectivity index (χ0v) is 10.1. The van der Waals surface area contributed by atoms with Crippen LogP contribution in [0.3, 0.4) is 0 Å². The Kier molecular flexibility index (Phi) is 6.41. The first-order chi connectivity index (χ1) is 7.34. The lowest BCUT2D eigenvalue weighted by Crippen LogP contribution is -2.37. The molecule has 0 radical (unpaired) electrons. The quantitative estimate of drug-likeness (QED) is 0.538. The number of hydrogen-bond donors (Lipinski definition) is 1. The molecular formula is C11H19NO4. The Morgan fingerprint density at radius 1 is 1.31 bits per heavy atom. The summed E-state index contributed by atoms with van der Waals surface area (Å²) in [5, 5.41) is 8.31. The van der Waals surface area contributed by atoms with E-state index < -0.39 is 11.9 Å². The van der Waals surface area contributed by atoms with Gasteiger partial charge in [-0.2, -0.15) is 0 Å². The van der Waals surface area contributed by atoms with Crippen LogP contribution < -0.4 is 0 Å². The van der Waals surface area contributed by atoms with Crippen LogP contribution in [0, 0.1) is 5.92 Å². The highest BCUT2D eigenvalue weighted by atomic mass is 16.5. The number of carbonyl (C=O) groups is 2. The van der Waals surface area contributed by atoms with Gasteiger partial charge in [0, 0.05) is 18.2 Å². The van der Waals surface area contributed by atoms with Crippen LogP contribution in [-0.2, 0) is 14.3 Å². The Hall–Kier alpha value is -1.36. The molecular weight excluding hydrogens is 210 g/mol. The van der Waals surface area contributed by atoms with Gasteiger partial charge in [0.05, 0.1) is 0 Å². The normalized spacial score (nSPS) is 13.4. The molecule has 5 nitrogen and oxygen atoms in total. The first-order valence-electron chi connectivity index (χ1n) is 5.08. The number of rotatable bonds is 6. The maximum absolute atomic E-state index is 11.1. The second-order valence-corrected chi connectivity index (χ2v) is 4.08. The van der Waals surface area contributed by atoms with Crippen LogP contribution in [0.1, 0.15) is 13.8 Å². The van der Waals surface area contributed by atoms with Gasteiger partial charge >= 0.3 is 11.9 Å². The van der Waals surface area contributed by atoms with Crippen LogP contribution in [0.15, 0.2) is 12.2 Å². The summed E-state index contributed by atoms with van der Waals surface area (Å²) in [6.45, 7) is 4.32. The van der Waals surface area contributed by atoms with Gasteiger partial charge in [-0.3, -0.25) is 0 Å². The first-order valence-corrected chi connectivity index (χ1v) is 5.08. The summed E-state index contributed by atoms with van der Waals surface area (Å²) in [4.78, 5) is 23.2. The number of carboxylic acid groups (broad SMARTS) is 1. The van der Waals surface area contributed by atoms with Crippen LogP contribution in [0.2, 0.25) is 0 Å². The van der Waals surface area contributed by atoms with Crippen molar-refractivity contribution in [2.45, 2.75) is 19.9 Å². The van der Waals surface area contributed by atoms with E-state index in [1.165, 1.54) is 0 Å². The van der Waals surface area contributed by atoms with Gasteiger partial charge in [0.1, 0.15) is 6.61 Å². The Balaban J connectivity index is 4.11. The zero-order valence-electron chi connectivity index (χ0n) is 10.1. The van der Waals surface area contributed by atoms with Crippen molar-refractivity contribution in [3.05, 3.63) is 12.2 Å². The molecule has 0 aliphatic rings. The molecule has 0 bridgehead atoms. The lowest BCUT2D eigenvalue weighted by molar-refractivity contribution is -0.140. The van der Waals surface area contributed by atoms with Gasteiger partial charge in [-0.25, -0.2) is 9.59 Å². The van der Waals surface area contributed by atoms with Crippen molar-refractivity contribution in [3.8, 4) is 0 Å². The molecule has 1 N–H and O–H groups in total. The van der Waals surface area contributed by atoms with Crippen LogP contribution >= 0.6 is 0 Å². The van der Waals surface area contributed by atoms with Gasteiger partial charge in [0.15, 0.2) is 0 Å². The number of hydrogen-bond acceptors (Lipinski definition) is 4. The Bertz CT molecular complexity index is 263. The minimum atomic E-state index is -1.16. The van der Waals surface area contributed by atoms with Gasteiger partial charge < -0.3 is 14.7 Å². The molecule has 0 aromatic rings. The predicted molar refractivity (Wildman–Crippen MR) is 60.0 cm³/mol. The van der Waals surface area contributed by atoms with E-state index in [4.69, 9.17) is 9.84 Å². The number of nitrogens with zero attached hydrogens (tertiary/aromatic N) is 1. The Morgan fingerprint density at radius 2 is 1.88 bits per heavy atom. The topological polar surface area (TPSA) is 66.8 Å². The SMILES string of the molecule is CC(C)C(COC(=O)C=CC(=O)O)N(C)C. The van der Waals surface area contributed by atoms with Crippen molar-refractivity contribution in [3.63, 3.8) is 0 Å². The number of ether oxygens (including phenoxy) is 1. The van der Waals surface area contributed by atoms with E-state index in [9.17, 15) is 9.59 Å². The van der Waals surface area contributed by atoms with Crippen molar-refractivity contribution in [2.24, 2.45) is 5.92 Å². The Morgan fingerprint density at radius 3 is 2.25 bits per heavy atom. The van der Waals surface area contributed by atoms with Gasteiger partial charge in [-0.15, -0.1) is 0 Å². The number of carboxylic acids is 1. The minimum Gasteiger partial charge on any atom is -0.478 e. The third-order valence-electron chi connectivity index (χ3n) is 2.19. The van der Waals surface area contributed by atoms with Crippen LogP contribution in [0.25, 0.3) is 0 Å². The van der Waals surface area contributed by atoms with Gasteiger partial charge in [0.25, 0.3) is 0 Å². The summed E-state index contributed by atoms with van der Waals surface area (Å²) in [5.74, 6) is -1.44. The second-order valence-electron chi connectivity index (χ2n) is 4.08. The standard InChI is InChI=1S/C11H19NO4/c1-8(2)9(12(3)4)7-16-11(15)6-5-10(13)14/h5-6,8-9H,7H2,1-4H3,(H,13,14). The fraction of sp³-hybridized carbons (Fsp3) is 0.636. The summed E-state index contributed by atoms with van der Waals surface area (Å²) < 4.78 is 4.95. The molecule has 0 aliphatic carbocycles. The van der Waals surface area contributed by atoms with E-state index in [0.29, 0.717) is 5.92 Å². The highest BCUT2D eigenvalue weighted by Gasteiger charge is 2.17. The molecule has 0 aromatic heterocycles. The average Bonchev–Trinajstić information content (AvgIpc) is 2.13. The number of carbonyl (C=O) groups excluding carboxylic acids is 1. The second kappa shape index (κ2) is 7.00. The highest BCUT2D eigenvalue weighted by Crippen LogP contribution is 2.07. The molecule has 0 heterocycles. The number of aliphatic carboxylic acids is 1. The summed E-state index contributed by atoms with van der Waals surface area (Å²) >= 11 is 0. The third kappa shape index (κ3) is 6.19. The van der Waals surface area contributed by atoms with Crippen LogP contribution in [0.5, 0.6) is 0 Å². The van der Waals surface area contributed by atoms with E-state index in [2.05, 4.69) is 0 Å². The van der Waals surface area contributed by atoms with Crippen LogP contribution in [0.4, 0.5) is 0 Å². The van der Waals surface area contributed by atoms with E-state index in [1.54, 1.807) is 0 Å². The monoisotopic (exact) mass is 229 g/mol. The summed E-state index contributed by atoms with van der Waals surface area (Å²) in [7, 11) is 3.82. The molecule has 0 saturated carbocycles. The molecule has 0 saturated heterocycles. The largest absolute Gasteiger partial charge is 0.478 e. The molecule has 0 amide bonds. The molecule has 0 spiro atoms. The van der Waals surface area contributed by atoms with E-state index >= 15 is 0 Å². The van der Waals surface area contributed by atoms with Crippen molar-refractivity contribution < 1.29 is 19.4 Å². The molecule has 0 rings (SSSR count). The molecule has 0 aromatic carbocycles. The lowest BCUT2D eigenvalue weighted by Gasteiger charge is -2.27. The van der Waals surface area contributed by atoms with E-state index in [0.717, 1.165) is 12.2 Å².